The van der Waals surface area contributed by atoms with Gasteiger partial charge in [0.15, 0.2) is 0 Å². The number of nitrogens with one attached hydrogen (secondary N) is 2. The Morgan fingerprint density at radius 3 is 2.87 bits per heavy atom. The summed E-state index contributed by atoms with van der Waals surface area (Å²) in [7, 11) is 0. The van der Waals surface area contributed by atoms with Crippen LogP contribution in [0.2, 0.25) is 5.02 Å². The molecule has 2 aromatic heterocycles. The molecule has 202 valence electrons. The van der Waals surface area contributed by atoms with Crippen LogP contribution in [0.15, 0.2) is 17.8 Å². The van der Waals surface area contributed by atoms with Gasteiger partial charge in [-0.2, -0.15) is 0 Å². The van der Waals surface area contributed by atoms with Crippen LogP contribution in [0.25, 0.3) is 10.2 Å². The molecule has 2 aliphatic heterocycles. The molecule has 39 heavy (non-hydrogen) atoms. The summed E-state index contributed by atoms with van der Waals surface area (Å²) in [6.45, 7) is 1.67. The van der Waals surface area contributed by atoms with Crippen molar-refractivity contribution in [1.82, 2.24) is 25.5 Å². The van der Waals surface area contributed by atoms with Crippen molar-refractivity contribution in [3.63, 3.8) is 0 Å². The molecule has 0 bridgehead atoms. The van der Waals surface area contributed by atoms with Crippen LogP contribution in [0.1, 0.15) is 64.3 Å². The number of piperidine rings is 1. The number of hydrogen-bond donors (Lipinski definition) is 2. The molecule has 0 radical (unpaired) electrons. The Labute approximate surface area is 230 Å². The number of carbonyl (C=O) groups is 4. The minimum absolute atomic E-state index is 0.0255. The van der Waals surface area contributed by atoms with Crippen LogP contribution in [0.3, 0.4) is 0 Å². The Morgan fingerprint density at radius 1 is 1.31 bits per heavy atom. The van der Waals surface area contributed by atoms with Crippen molar-refractivity contribution in [3.8, 4) is 0 Å². The molecule has 1 saturated heterocycles. The smallest absolute Gasteiger partial charge is 0.407 e. The molecule has 3 aromatic rings. The van der Waals surface area contributed by atoms with E-state index in [-0.39, 0.29) is 59.7 Å². The van der Waals surface area contributed by atoms with E-state index in [4.69, 9.17) is 16.3 Å². The molecule has 4 heterocycles. The van der Waals surface area contributed by atoms with Gasteiger partial charge in [-0.05, 0) is 38.2 Å². The molecule has 2 N–H and O–H groups in total. The lowest BCUT2D eigenvalue weighted by Gasteiger charge is -2.35. The zero-order valence-electron chi connectivity index (χ0n) is 20.8. The Morgan fingerprint density at radius 2 is 2.10 bits per heavy atom. The van der Waals surface area contributed by atoms with Crippen molar-refractivity contribution in [2.75, 3.05) is 0 Å². The highest BCUT2D eigenvalue weighted by Gasteiger charge is 2.42. The van der Waals surface area contributed by atoms with Gasteiger partial charge in [-0.25, -0.2) is 14.2 Å². The van der Waals surface area contributed by atoms with Crippen LogP contribution in [0.4, 0.5) is 9.18 Å². The number of halogens is 2. The Balaban J connectivity index is 1.08. The van der Waals surface area contributed by atoms with Gasteiger partial charge in [0.05, 0.1) is 21.3 Å². The number of rotatable bonds is 5. The van der Waals surface area contributed by atoms with E-state index in [1.54, 1.807) is 5.51 Å². The van der Waals surface area contributed by atoms with Crippen molar-refractivity contribution in [2.45, 2.75) is 63.8 Å². The van der Waals surface area contributed by atoms with Gasteiger partial charge >= 0.3 is 6.09 Å². The van der Waals surface area contributed by atoms with Crippen LogP contribution < -0.4 is 10.6 Å². The largest absolute Gasteiger partial charge is 0.446 e. The fourth-order valence-electron chi connectivity index (χ4n) is 5.53. The summed E-state index contributed by atoms with van der Waals surface area (Å²) in [4.78, 5) is 59.4. The first-order chi connectivity index (χ1) is 18.7. The van der Waals surface area contributed by atoms with Gasteiger partial charge in [0.25, 0.3) is 5.91 Å². The molecule has 1 saturated carbocycles. The molecular weight excluding hydrogens is 549 g/mol. The third kappa shape index (κ3) is 4.51. The summed E-state index contributed by atoms with van der Waals surface area (Å²) in [5.74, 6) is -2.30. The Hall–Kier alpha value is -3.64. The lowest BCUT2D eigenvalue weighted by atomic mass is 9.76. The molecule has 1 atom stereocenters. The van der Waals surface area contributed by atoms with Crippen molar-refractivity contribution >= 4 is 57.0 Å². The maximum absolute atomic E-state index is 15.4. The van der Waals surface area contributed by atoms with Crippen molar-refractivity contribution in [3.05, 3.63) is 56.6 Å². The topological polar surface area (TPSA) is 131 Å². The third-order valence-electron chi connectivity index (χ3n) is 7.60. The second kappa shape index (κ2) is 9.83. The number of imide groups is 1. The first-order valence-corrected chi connectivity index (χ1v) is 13.7. The number of amides is 4. The average Bonchev–Trinajstić information content (AvgIpc) is 3.48. The van der Waals surface area contributed by atoms with Crippen LogP contribution in [-0.2, 0) is 27.4 Å². The maximum atomic E-state index is 15.4. The molecule has 1 aliphatic carbocycles. The van der Waals surface area contributed by atoms with Crippen LogP contribution in [0, 0.1) is 12.7 Å². The maximum Gasteiger partial charge on any atom is 0.407 e. The molecule has 6 rings (SSSR count). The lowest BCUT2D eigenvalue weighted by Crippen LogP contribution is -2.52. The van der Waals surface area contributed by atoms with Crippen LogP contribution in [-0.4, -0.2) is 50.8 Å². The Bertz CT molecular complexity index is 1560. The SMILES string of the molecule is Cc1ncc2scnc2c1C1CC(OC(=O)NCc2cc(Cl)c3c(c2F)C(=O)N(C2CCC(=O)NC2=O)C3)C1. The number of alkyl carbamates (subject to hydrolysis) is 1. The molecule has 1 unspecified atom stereocenters. The van der Waals surface area contributed by atoms with E-state index in [0.29, 0.717) is 12.8 Å². The van der Waals surface area contributed by atoms with E-state index >= 15 is 4.39 Å². The fraction of sp³-hybridized carbons (Fsp3) is 0.385. The predicted molar refractivity (Wildman–Crippen MR) is 139 cm³/mol. The number of hydrogen-bond acceptors (Lipinski definition) is 8. The van der Waals surface area contributed by atoms with Crippen molar-refractivity contribution in [1.29, 1.82) is 0 Å². The predicted octanol–water partition coefficient (Wildman–Crippen LogP) is 3.73. The van der Waals surface area contributed by atoms with Gasteiger partial charge in [0.1, 0.15) is 18.0 Å². The van der Waals surface area contributed by atoms with E-state index in [0.717, 1.165) is 21.5 Å². The number of aryl methyl sites for hydroxylation is 1. The first-order valence-electron chi connectivity index (χ1n) is 12.5. The molecule has 10 nitrogen and oxygen atoms in total. The number of benzene rings is 1. The zero-order valence-corrected chi connectivity index (χ0v) is 22.3. The minimum atomic E-state index is -0.886. The highest BCUT2D eigenvalue weighted by Crippen LogP contribution is 2.43. The first kappa shape index (κ1) is 25.6. The van der Waals surface area contributed by atoms with E-state index in [2.05, 4.69) is 20.6 Å². The average molecular weight is 572 g/mol. The summed E-state index contributed by atoms with van der Waals surface area (Å²) >= 11 is 7.91. The third-order valence-corrected chi connectivity index (χ3v) is 8.70. The summed E-state index contributed by atoms with van der Waals surface area (Å²) in [5, 5.41) is 4.90. The van der Waals surface area contributed by atoms with E-state index in [1.807, 2.05) is 13.1 Å². The molecule has 13 heteroatoms. The van der Waals surface area contributed by atoms with E-state index < -0.39 is 35.7 Å². The quantitative estimate of drug-likeness (QED) is 0.446. The number of aromatic nitrogens is 2. The highest BCUT2D eigenvalue weighted by atomic mass is 35.5. The van der Waals surface area contributed by atoms with Gasteiger partial charge in [0, 0.05) is 53.1 Å². The highest BCUT2D eigenvalue weighted by molar-refractivity contribution is 7.16. The zero-order chi connectivity index (χ0) is 27.4. The van der Waals surface area contributed by atoms with Crippen molar-refractivity contribution in [2.24, 2.45) is 0 Å². The summed E-state index contributed by atoms with van der Waals surface area (Å²) in [6, 6.07) is 0.476. The van der Waals surface area contributed by atoms with Gasteiger partial charge in [-0.1, -0.05) is 11.6 Å². The lowest BCUT2D eigenvalue weighted by molar-refractivity contribution is -0.136. The molecule has 2 fully saturated rings. The fourth-order valence-corrected chi connectivity index (χ4v) is 6.48. The van der Waals surface area contributed by atoms with Gasteiger partial charge in [-0.3, -0.25) is 24.7 Å². The van der Waals surface area contributed by atoms with Gasteiger partial charge < -0.3 is 15.0 Å². The molecule has 3 aliphatic rings. The van der Waals surface area contributed by atoms with E-state index in [9.17, 15) is 19.2 Å². The van der Waals surface area contributed by atoms with Crippen LogP contribution >= 0.6 is 22.9 Å². The molecule has 4 amide bonds. The number of nitrogens with zero attached hydrogens (tertiary/aromatic N) is 3. The monoisotopic (exact) mass is 571 g/mol. The van der Waals surface area contributed by atoms with Crippen molar-refractivity contribution < 1.29 is 28.3 Å². The molecule has 0 spiro atoms. The summed E-state index contributed by atoms with van der Waals surface area (Å²) in [5.41, 5.74) is 4.80. The number of ether oxygens (including phenoxy) is 1. The normalized spacial score (nSPS) is 22.5. The summed E-state index contributed by atoms with van der Waals surface area (Å²) < 4.78 is 21.9. The summed E-state index contributed by atoms with van der Waals surface area (Å²) in [6.07, 6.45) is 2.33. The number of thiazole rings is 1. The number of pyridine rings is 1. The standard InChI is InChI=1S/C26H23ClFN5O5S/c1-11-20(23-18(8-29-11)39-10-31-23)12-4-14(5-12)38-26(37)30-7-13-6-16(27)15-9-33(25(36)21(15)22(13)28)17-2-3-19(34)32-24(17)35/h6,8,10,12,14,17H,2-5,7,9H2,1H3,(H,30,37)(H,32,34,35). The number of carbonyl (C=O) groups excluding carboxylic acids is 4. The minimum Gasteiger partial charge on any atom is -0.446 e. The molecular formula is C26H23ClFN5O5S. The van der Waals surface area contributed by atoms with Gasteiger partial charge in [0.2, 0.25) is 11.8 Å². The van der Waals surface area contributed by atoms with E-state index in [1.165, 1.54) is 22.3 Å². The second-order valence-electron chi connectivity index (χ2n) is 9.96. The van der Waals surface area contributed by atoms with Gasteiger partial charge in [-0.15, -0.1) is 11.3 Å². The second-order valence-corrected chi connectivity index (χ2v) is 11.3. The molecule has 1 aromatic carbocycles. The Kier molecular flexibility index (Phi) is 6.46. The van der Waals surface area contributed by atoms with Crippen LogP contribution in [0.5, 0.6) is 0 Å². The number of fused-ring (bicyclic) bond motifs is 2.